The van der Waals surface area contributed by atoms with Crippen molar-refractivity contribution in [3.63, 3.8) is 0 Å². The molecule has 2 aromatic rings. The van der Waals surface area contributed by atoms with Crippen molar-refractivity contribution >= 4 is 15.9 Å². The molecule has 0 fully saturated rings. The maximum Gasteiger partial charge on any atom is 0.242 e. The predicted molar refractivity (Wildman–Crippen MR) is 96.2 cm³/mol. The molecule has 0 saturated carbocycles. The monoisotopic (exact) mass is 379 g/mol. The Morgan fingerprint density at radius 3 is 2.58 bits per heavy atom. The molecule has 0 bridgehead atoms. The molecule has 1 aromatic heterocycles. The van der Waals surface area contributed by atoms with Gasteiger partial charge in [0.2, 0.25) is 15.9 Å². The van der Waals surface area contributed by atoms with Crippen molar-refractivity contribution in [1.29, 1.82) is 0 Å². The molecule has 1 N–H and O–H groups in total. The summed E-state index contributed by atoms with van der Waals surface area (Å²) in [6.45, 7) is 2.05. The number of carbonyl (C=O) groups excluding carboxylic acids is 1. The van der Waals surface area contributed by atoms with E-state index in [4.69, 9.17) is 0 Å². The van der Waals surface area contributed by atoms with Gasteiger partial charge in [-0.2, -0.15) is 0 Å². The van der Waals surface area contributed by atoms with Gasteiger partial charge in [-0.05, 0) is 49.2 Å². The molecule has 1 amide bonds. The van der Waals surface area contributed by atoms with Crippen LogP contribution in [0.1, 0.15) is 31.4 Å². The molecule has 2 rings (SSSR count). The largest absolute Gasteiger partial charge is 0.350 e. The number of hydrogen-bond acceptors (Lipinski definition) is 4. The lowest BCUT2D eigenvalue weighted by atomic mass is 10.1. The topological polar surface area (TPSA) is 79.4 Å². The fourth-order valence-corrected chi connectivity index (χ4v) is 3.61. The molecule has 1 unspecified atom stereocenters. The zero-order valence-corrected chi connectivity index (χ0v) is 15.5. The molecule has 26 heavy (non-hydrogen) atoms. The Bertz CT molecular complexity index is 827. The highest BCUT2D eigenvalue weighted by Gasteiger charge is 2.20. The highest BCUT2D eigenvalue weighted by molar-refractivity contribution is 7.89. The molecule has 0 aliphatic rings. The summed E-state index contributed by atoms with van der Waals surface area (Å²) >= 11 is 0. The fraction of sp³-hybridized carbons (Fsp3) is 0.333. The minimum atomic E-state index is -3.69. The molecule has 1 heterocycles. The Kier molecular flexibility index (Phi) is 6.82. The first-order valence-electron chi connectivity index (χ1n) is 8.22. The van der Waals surface area contributed by atoms with Gasteiger partial charge >= 0.3 is 0 Å². The van der Waals surface area contributed by atoms with Crippen LogP contribution in [-0.2, 0) is 14.8 Å². The van der Waals surface area contributed by atoms with Crippen LogP contribution in [0, 0.1) is 5.82 Å². The Morgan fingerprint density at radius 2 is 1.96 bits per heavy atom. The lowest BCUT2D eigenvalue weighted by molar-refractivity contribution is -0.121. The predicted octanol–water partition coefficient (Wildman–Crippen LogP) is 2.50. The molecule has 140 valence electrons. The molecule has 0 spiro atoms. The van der Waals surface area contributed by atoms with E-state index >= 15 is 0 Å². The van der Waals surface area contributed by atoms with Crippen LogP contribution in [0.2, 0.25) is 0 Å². The highest BCUT2D eigenvalue weighted by Crippen LogP contribution is 2.15. The molecule has 6 nitrogen and oxygen atoms in total. The number of nitrogens with one attached hydrogen (secondary N) is 1. The zero-order chi connectivity index (χ0) is 19.2. The number of benzene rings is 1. The van der Waals surface area contributed by atoms with Gasteiger partial charge in [0.05, 0.1) is 10.9 Å². The van der Waals surface area contributed by atoms with Gasteiger partial charge in [-0.15, -0.1) is 0 Å². The second-order valence-corrected chi connectivity index (χ2v) is 8.00. The van der Waals surface area contributed by atoms with Crippen LogP contribution in [-0.4, -0.2) is 37.2 Å². The van der Waals surface area contributed by atoms with Gasteiger partial charge in [0.25, 0.3) is 0 Å². The average Bonchev–Trinajstić information content (AvgIpc) is 2.62. The van der Waals surface area contributed by atoms with E-state index in [9.17, 15) is 17.6 Å². The average molecular weight is 379 g/mol. The molecule has 1 atom stereocenters. The first-order valence-corrected chi connectivity index (χ1v) is 9.66. The summed E-state index contributed by atoms with van der Waals surface area (Å²) in [5.41, 5.74) is 0.900. The number of hydrogen-bond donors (Lipinski definition) is 1. The highest BCUT2D eigenvalue weighted by atomic mass is 32.2. The van der Waals surface area contributed by atoms with Crippen molar-refractivity contribution < 1.29 is 17.6 Å². The van der Waals surface area contributed by atoms with Crippen molar-refractivity contribution in [2.45, 2.75) is 30.7 Å². The Morgan fingerprint density at radius 1 is 1.27 bits per heavy atom. The summed E-state index contributed by atoms with van der Waals surface area (Å²) in [7, 11) is -2.25. The Hall–Kier alpha value is -2.32. The first-order chi connectivity index (χ1) is 12.3. The molecule has 1 aromatic carbocycles. The number of carbonyl (C=O) groups is 1. The minimum Gasteiger partial charge on any atom is -0.350 e. The molecular weight excluding hydrogens is 357 g/mol. The third-order valence-corrected chi connectivity index (χ3v) is 5.83. The smallest absolute Gasteiger partial charge is 0.242 e. The van der Waals surface area contributed by atoms with E-state index < -0.39 is 15.8 Å². The number of sulfonamides is 1. The van der Waals surface area contributed by atoms with Crippen LogP contribution in [0.5, 0.6) is 0 Å². The molecule has 0 aliphatic heterocycles. The van der Waals surface area contributed by atoms with Crippen LogP contribution in [0.4, 0.5) is 4.39 Å². The van der Waals surface area contributed by atoms with E-state index in [1.165, 1.54) is 19.2 Å². The van der Waals surface area contributed by atoms with E-state index in [-0.39, 0.29) is 29.8 Å². The summed E-state index contributed by atoms with van der Waals surface area (Å²) in [5.74, 6) is -0.653. The van der Waals surface area contributed by atoms with Gasteiger partial charge < -0.3 is 5.32 Å². The second-order valence-electron chi connectivity index (χ2n) is 5.96. The van der Waals surface area contributed by atoms with Crippen LogP contribution >= 0.6 is 0 Å². The summed E-state index contributed by atoms with van der Waals surface area (Å²) < 4.78 is 38.9. The standard InChI is InChI=1S/C18H22FN3O3S/c1-14(15-5-3-11-20-13-15)21-18(23)6-4-12-22(2)26(24,25)17-9-7-16(19)8-10-17/h3,5,7-11,13-14H,4,6,12H2,1-2H3,(H,21,23). The lowest BCUT2D eigenvalue weighted by Gasteiger charge is -2.18. The van der Waals surface area contributed by atoms with Crippen LogP contribution in [0.15, 0.2) is 53.7 Å². The summed E-state index contributed by atoms with van der Waals surface area (Å²) in [6.07, 6.45) is 3.93. The maximum absolute atomic E-state index is 12.9. The summed E-state index contributed by atoms with van der Waals surface area (Å²) in [4.78, 5) is 16.1. The van der Waals surface area contributed by atoms with Gasteiger partial charge in [0, 0.05) is 32.4 Å². The lowest BCUT2D eigenvalue weighted by Crippen LogP contribution is -2.30. The van der Waals surface area contributed by atoms with E-state index in [2.05, 4.69) is 10.3 Å². The van der Waals surface area contributed by atoms with Crippen LogP contribution < -0.4 is 5.32 Å². The third kappa shape index (κ3) is 5.34. The van der Waals surface area contributed by atoms with Gasteiger partial charge in [-0.3, -0.25) is 9.78 Å². The third-order valence-electron chi connectivity index (χ3n) is 3.96. The molecule has 8 heteroatoms. The van der Waals surface area contributed by atoms with Crippen molar-refractivity contribution in [2.75, 3.05) is 13.6 Å². The number of aromatic nitrogens is 1. The zero-order valence-electron chi connectivity index (χ0n) is 14.7. The van der Waals surface area contributed by atoms with E-state index in [0.717, 1.165) is 22.0 Å². The van der Waals surface area contributed by atoms with Crippen molar-refractivity contribution in [2.24, 2.45) is 0 Å². The number of nitrogens with zero attached hydrogens (tertiary/aromatic N) is 2. The number of pyridine rings is 1. The van der Waals surface area contributed by atoms with Gasteiger partial charge in [-0.1, -0.05) is 6.07 Å². The van der Waals surface area contributed by atoms with Crippen molar-refractivity contribution in [1.82, 2.24) is 14.6 Å². The number of rotatable bonds is 8. The van der Waals surface area contributed by atoms with Gasteiger partial charge in [-0.25, -0.2) is 17.1 Å². The fourth-order valence-electron chi connectivity index (χ4n) is 2.40. The van der Waals surface area contributed by atoms with E-state index in [1.807, 2.05) is 13.0 Å². The molecule has 0 saturated heterocycles. The van der Waals surface area contributed by atoms with Crippen molar-refractivity contribution in [3.8, 4) is 0 Å². The van der Waals surface area contributed by atoms with E-state index in [1.54, 1.807) is 18.5 Å². The molecular formula is C18H22FN3O3S. The van der Waals surface area contributed by atoms with Gasteiger partial charge in [0.1, 0.15) is 5.82 Å². The minimum absolute atomic E-state index is 0.0241. The Balaban J connectivity index is 1.83. The molecule has 0 aliphatic carbocycles. The summed E-state index contributed by atoms with van der Waals surface area (Å²) in [6, 6.07) is 8.17. The SMILES string of the molecule is CC(NC(=O)CCCN(C)S(=O)(=O)c1ccc(F)cc1)c1cccnc1. The number of amides is 1. The number of halogens is 1. The molecule has 0 radical (unpaired) electrons. The first kappa shape index (κ1) is 20.0. The van der Waals surface area contributed by atoms with E-state index in [0.29, 0.717) is 6.42 Å². The van der Waals surface area contributed by atoms with Crippen LogP contribution in [0.3, 0.4) is 0 Å². The van der Waals surface area contributed by atoms with Crippen LogP contribution in [0.25, 0.3) is 0 Å². The Labute approximate surface area is 153 Å². The maximum atomic E-state index is 12.9. The summed E-state index contributed by atoms with van der Waals surface area (Å²) in [5, 5.41) is 2.86. The van der Waals surface area contributed by atoms with Crippen molar-refractivity contribution in [3.05, 3.63) is 60.2 Å². The van der Waals surface area contributed by atoms with Gasteiger partial charge in [0.15, 0.2) is 0 Å². The quantitative estimate of drug-likeness (QED) is 0.764. The normalized spacial score (nSPS) is 12.8. The second kappa shape index (κ2) is 8.86.